The van der Waals surface area contributed by atoms with Gasteiger partial charge in [0, 0.05) is 26.1 Å². The number of nitrogens with zero attached hydrogens (tertiary/aromatic N) is 3. The number of rotatable bonds is 4. The van der Waals surface area contributed by atoms with Crippen molar-refractivity contribution in [2.24, 2.45) is 0 Å². The molecular weight excluding hydrogens is 351 g/mol. The fraction of sp³-hybridized carbons (Fsp3) is 0.421. The second kappa shape index (κ2) is 8.08. The summed E-state index contributed by atoms with van der Waals surface area (Å²) in [6.07, 6.45) is 2.02. The number of hydrogen-bond donors (Lipinski definition) is 1. The van der Waals surface area contributed by atoms with Gasteiger partial charge in [-0.15, -0.1) is 0 Å². The third-order valence-corrected chi connectivity index (χ3v) is 4.71. The molecule has 1 aromatic rings. The van der Waals surface area contributed by atoms with Crippen molar-refractivity contribution in [3.8, 4) is 6.07 Å². The van der Waals surface area contributed by atoms with Crippen LogP contribution in [0.2, 0.25) is 0 Å². The molecule has 1 unspecified atom stereocenters. The van der Waals surface area contributed by atoms with Crippen LogP contribution >= 0.6 is 0 Å². The van der Waals surface area contributed by atoms with Crippen molar-refractivity contribution >= 4 is 23.4 Å². The molecule has 2 saturated heterocycles. The molecule has 1 atom stereocenters. The van der Waals surface area contributed by atoms with E-state index in [2.05, 4.69) is 5.32 Å². The summed E-state index contributed by atoms with van der Waals surface area (Å²) in [4.78, 5) is 26.3. The lowest BCUT2D eigenvalue weighted by Gasteiger charge is -2.30. The summed E-state index contributed by atoms with van der Waals surface area (Å²) in [5.74, 6) is -0.604. The van der Waals surface area contributed by atoms with E-state index in [0.29, 0.717) is 24.5 Å². The van der Waals surface area contributed by atoms with Gasteiger partial charge in [-0.2, -0.15) is 5.26 Å². The fourth-order valence-electron chi connectivity index (χ4n) is 3.29. The summed E-state index contributed by atoms with van der Waals surface area (Å²) in [6, 6.07) is 6.73. The molecule has 1 aromatic carbocycles. The van der Waals surface area contributed by atoms with Crippen LogP contribution in [0.25, 0.3) is 0 Å². The first-order valence-electron chi connectivity index (χ1n) is 8.82. The molecule has 2 heterocycles. The highest BCUT2D eigenvalue weighted by atomic mass is 19.1. The van der Waals surface area contributed by atoms with Gasteiger partial charge < -0.3 is 15.0 Å². The largest absolute Gasteiger partial charge is 0.442 e. The van der Waals surface area contributed by atoms with Crippen molar-refractivity contribution in [2.45, 2.75) is 25.9 Å². The molecule has 3 rings (SSSR count). The molecule has 0 saturated carbocycles. The zero-order valence-corrected chi connectivity index (χ0v) is 15.1. The highest BCUT2D eigenvalue weighted by Gasteiger charge is 2.33. The van der Waals surface area contributed by atoms with Gasteiger partial charge >= 0.3 is 6.09 Å². The van der Waals surface area contributed by atoms with E-state index in [1.54, 1.807) is 18.2 Å². The number of halogens is 1. The first-order valence-corrected chi connectivity index (χ1v) is 8.82. The number of amides is 2. The first kappa shape index (κ1) is 18.7. The molecule has 7 nitrogen and oxygen atoms in total. The molecule has 142 valence electrons. The van der Waals surface area contributed by atoms with Crippen molar-refractivity contribution in [3.05, 3.63) is 35.7 Å². The van der Waals surface area contributed by atoms with Gasteiger partial charge in [0.15, 0.2) is 0 Å². The molecular formula is C19H21FN4O3. The maximum absolute atomic E-state index is 14.7. The lowest BCUT2D eigenvalue weighted by Crippen LogP contribution is -2.33. The lowest BCUT2D eigenvalue weighted by molar-refractivity contribution is -0.119. The van der Waals surface area contributed by atoms with E-state index in [1.807, 2.05) is 11.0 Å². The predicted octanol–water partition coefficient (Wildman–Crippen LogP) is 2.34. The van der Waals surface area contributed by atoms with Gasteiger partial charge in [-0.05, 0) is 31.0 Å². The molecule has 0 aromatic heterocycles. The molecule has 27 heavy (non-hydrogen) atoms. The van der Waals surface area contributed by atoms with Gasteiger partial charge in [-0.3, -0.25) is 9.69 Å². The number of cyclic esters (lactones) is 1. The Morgan fingerprint density at radius 2 is 2.19 bits per heavy atom. The quantitative estimate of drug-likeness (QED) is 0.820. The van der Waals surface area contributed by atoms with Gasteiger partial charge in [-0.1, -0.05) is 5.57 Å². The Morgan fingerprint density at radius 1 is 1.44 bits per heavy atom. The topological polar surface area (TPSA) is 85.7 Å². The highest BCUT2D eigenvalue weighted by molar-refractivity contribution is 5.90. The lowest BCUT2D eigenvalue weighted by atomic mass is 10.0. The second-order valence-corrected chi connectivity index (χ2v) is 6.61. The molecule has 0 radical (unpaired) electrons. The van der Waals surface area contributed by atoms with Crippen LogP contribution in [0.3, 0.4) is 0 Å². The average Bonchev–Trinajstić information content (AvgIpc) is 3.02. The molecule has 1 N–H and O–H groups in total. The minimum absolute atomic E-state index is 0.200. The van der Waals surface area contributed by atoms with Crippen LogP contribution in [0, 0.1) is 17.1 Å². The second-order valence-electron chi connectivity index (χ2n) is 6.61. The Bertz CT molecular complexity index is 808. The maximum Gasteiger partial charge on any atom is 0.414 e. The van der Waals surface area contributed by atoms with Crippen molar-refractivity contribution in [1.29, 1.82) is 5.26 Å². The Balaban J connectivity index is 1.67. The Hall–Kier alpha value is -3.08. The maximum atomic E-state index is 14.7. The van der Waals surface area contributed by atoms with Crippen LogP contribution in [-0.2, 0) is 9.53 Å². The third kappa shape index (κ3) is 4.37. The van der Waals surface area contributed by atoms with Crippen molar-refractivity contribution in [1.82, 2.24) is 5.32 Å². The zero-order valence-electron chi connectivity index (χ0n) is 15.1. The third-order valence-electron chi connectivity index (χ3n) is 4.71. The van der Waals surface area contributed by atoms with Crippen LogP contribution in [0.5, 0.6) is 0 Å². The van der Waals surface area contributed by atoms with Crippen LogP contribution in [-0.4, -0.2) is 44.3 Å². The molecule has 2 aliphatic heterocycles. The summed E-state index contributed by atoms with van der Waals surface area (Å²) in [5.41, 5.74) is 1.99. The average molecular weight is 372 g/mol. The van der Waals surface area contributed by atoms with E-state index in [-0.39, 0.29) is 19.0 Å². The van der Waals surface area contributed by atoms with Gasteiger partial charge in [0.05, 0.1) is 30.5 Å². The number of ether oxygens (including phenoxy) is 1. The van der Waals surface area contributed by atoms with Crippen molar-refractivity contribution in [2.75, 3.05) is 36.0 Å². The van der Waals surface area contributed by atoms with Crippen LogP contribution < -0.4 is 15.1 Å². The van der Waals surface area contributed by atoms with Gasteiger partial charge in [-0.25, -0.2) is 9.18 Å². The van der Waals surface area contributed by atoms with E-state index >= 15 is 0 Å². The summed E-state index contributed by atoms with van der Waals surface area (Å²) in [7, 11) is 0. The normalized spacial score (nSPS) is 19.5. The minimum Gasteiger partial charge on any atom is -0.442 e. The predicted molar refractivity (Wildman–Crippen MR) is 97.8 cm³/mol. The molecule has 0 bridgehead atoms. The molecule has 8 heteroatoms. The number of benzene rings is 1. The highest BCUT2D eigenvalue weighted by Crippen LogP contribution is 2.30. The van der Waals surface area contributed by atoms with Crippen LogP contribution in [0.1, 0.15) is 19.8 Å². The Morgan fingerprint density at radius 3 is 2.81 bits per heavy atom. The summed E-state index contributed by atoms with van der Waals surface area (Å²) in [5, 5.41) is 11.3. The van der Waals surface area contributed by atoms with E-state index < -0.39 is 18.0 Å². The number of nitriles is 1. The summed E-state index contributed by atoms with van der Waals surface area (Å²) < 4.78 is 19.9. The number of anilines is 2. The molecule has 0 spiro atoms. The standard InChI is InChI=1S/C19H21FN4O3/c1-13(25)22-11-16-12-24(19(26)27-16)15-2-3-18(17(20)10-15)23-8-5-14(4-7-21)6-9-23/h2-4,10,16H,5-6,8-9,11-12H2,1H3,(H,22,25). The number of nitrogens with one attached hydrogen (secondary N) is 1. The fourth-order valence-corrected chi connectivity index (χ4v) is 3.29. The van der Waals surface area contributed by atoms with E-state index in [0.717, 1.165) is 18.4 Å². The summed E-state index contributed by atoms with van der Waals surface area (Å²) in [6.45, 7) is 3.17. The Kier molecular flexibility index (Phi) is 5.60. The SMILES string of the molecule is CC(=O)NCC1CN(c2ccc(N3CCC(=CC#N)CC3)c(F)c2)C(=O)O1. The van der Waals surface area contributed by atoms with Crippen molar-refractivity contribution in [3.63, 3.8) is 0 Å². The van der Waals surface area contributed by atoms with Crippen molar-refractivity contribution < 1.29 is 18.7 Å². The monoisotopic (exact) mass is 372 g/mol. The molecule has 2 aliphatic rings. The van der Waals surface area contributed by atoms with Crippen LogP contribution in [0.4, 0.5) is 20.6 Å². The van der Waals surface area contributed by atoms with E-state index in [1.165, 1.54) is 17.9 Å². The van der Waals surface area contributed by atoms with Crippen LogP contribution in [0.15, 0.2) is 29.8 Å². The molecule has 2 fully saturated rings. The number of carbonyl (C=O) groups excluding carboxylic acids is 2. The smallest absolute Gasteiger partial charge is 0.414 e. The number of carbonyl (C=O) groups is 2. The number of allylic oxidation sites excluding steroid dienone is 1. The minimum atomic E-state index is -0.554. The van der Waals surface area contributed by atoms with Gasteiger partial charge in [0.2, 0.25) is 5.91 Å². The van der Waals surface area contributed by atoms with E-state index in [4.69, 9.17) is 10.00 Å². The van der Waals surface area contributed by atoms with E-state index in [9.17, 15) is 14.0 Å². The summed E-state index contributed by atoms with van der Waals surface area (Å²) >= 11 is 0. The first-order chi connectivity index (χ1) is 13.0. The molecule has 2 amide bonds. The molecule has 0 aliphatic carbocycles. The zero-order chi connectivity index (χ0) is 19.4. The Labute approximate surface area is 157 Å². The van der Waals surface area contributed by atoms with Gasteiger partial charge in [0.1, 0.15) is 11.9 Å². The number of hydrogen-bond acceptors (Lipinski definition) is 5. The number of piperidine rings is 1. The van der Waals surface area contributed by atoms with Gasteiger partial charge in [0.25, 0.3) is 0 Å².